The van der Waals surface area contributed by atoms with Gasteiger partial charge in [0.2, 0.25) is 0 Å². The molecule has 25 heavy (non-hydrogen) atoms. The quantitative estimate of drug-likeness (QED) is 0.216. The largest absolute Gasteiger partial charge is 0.316 e. The Morgan fingerprint density at radius 2 is 1.40 bits per heavy atom. The summed E-state index contributed by atoms with van der Waals surface area (Å²) in [4.78, 5) is 0. The molecule has 142 valence electrons. The Morgan fingerprint density at radius 1 is 0.840 bits per heavy atom. The first-order valence-corrected chi connectivity index (χ1v) is 16.1. The summed E-state index contributed by atoms with van der Waals surface area (Å²) in [5.74, 6) is -6.00. The summed E-state index contributed by atoms with van der Waals surface area (Å²) >= 11 is 29.9. The van der Waals surface area contributed by atoms with E-state index in [0.29, 0.717) is 13.0 Å². The van der Waals surface area contributed by atoms with Crippen molar-refractivity contribution < 1.29 is 21.6 Å². The van der Waals surface area contributed by atoms with Crippen LogP contribution in [0, 0.1) is 0 Å². The number of hydrogen-bond donors (Lipinski definition) is 0. The number of rotatable bonds is 4. The SMILES string of the molecule is ClP1(Cl)=NP(Cl)(Cl)=NP(Cl)(OCC[c-]2cccc2)=N1.[Fe].c1cc[cH-]c1. The maximum Gasteiger partial charge on any atom is 0.299 e. The van der Waals surface area contributed by atoms with Gasteiger partial charge in [-0.05, 0) is 62.6 Å². The minimum absolute atomic E-state index is 0. The molecule has 0 aromatic heterocycles. The van der Waals surface area contributed by atoms with Crippen LogP contribution in [0.1, 0.15) is 5.56 Å². The molecule has 0 N–H and O–H groups in total. The van der Waals surface area contributed by atoms with E-state index in [-0.39, 0.29) is 17.1 Å². The van der Waals surface area contributed by atoms with Gasteiger partial charge in [0.15, 0.2) is 0 Å². The van der Waals surface area contributed by atoms with Gasteiger partial charge in [-0.15, -0.1) is 0 Å². The van der Waals surface area contributed by atoms with E-state index in [1.807, 2.05) is 54.6 Å². The fraction of sp³-hybridized carbons (Fsp3) is 0.167. The molecule has 0 saturated carbocycles. The van der Waals surface area contributed by atoms with E-state index < -0.39 is 18.6 Å². The normalized spacial score (nSPS) is 22.9. The van der Waals surface area contributed by atoms with Gasteiger partial charge in [0.05, 0.1) is 0 Å². The Kier molecular flexibility index (Phi) is 10.5. The van der Waals surface area contributed by atoms with Crippen LogP contribution < -0.4 is 0 Å². The van der Waals surface area contributed by atoms with Gasteiger partial charge in [-0.3, -0.25) is 0 Å². The van der Waals surface area contributed by atoms with Crippen LogP contribution in [0.25, 0.3) is 0 Å². The topological polar surface area (TPSA) is 46.3 Å². The third-order valence-corrected chi connectivity index (χ3v) is 14.7. The molecule has 0 radical (unpaired) electrons. The molecule has 1 unspecified atom stereocenters. The molecule has 1 heterocycles. The van der Waals surface area contributed by atoms with E-state index in [0.717, 1.165) is 5.56 Å². The van der Waals surface area contributed by atoms with Crippen LogP contribution in [0.4, 0.5) is 0 Å². The molecule has 4 nitrogen and oxygen atoms in total. The second-order valence-electron chi connectivity index (χ2n) is 4.49. The van der Waals surface area contributed by atoms with Gasteiger partial charge < -0.3 is 4.52 Å². The first kappa shape index (κ1) is 24.4. The fourth-order valence-corrected chi connectivity index (χ4v) is 18.3. The monoisotopic (exact) mass is 539 g/mol. The van der Waals surface area contributed by atoms with Crippen LogP contribution in [0.3, 0.4) is 0 Å². The summed E-state index contributed by atoms with van der Waals surface area (Å²) in [6.07, 6.45) is 0.676. The van der Waals surface area contributed by atoms with Gasteiger partial charge in [0, 0.05) is 23.7 Å². The van der Waals surface area contributed by atoms with Gasteiger partial charge >= 0.3 is 0 Å². The van der Waals surface area contributed by atoms with Crippen molar-refractivity contribution in [2.75, 3.05) is 6.61 Å². The van der Waals surface area contributed by atoms with Gasteiger partial charge in [-0.25, -0.2) is 24.3 Å². The second-order valence-corrected chi connectivity index (χ2v) is 17.7. The smallest absolute Gasteiger partial charge is 0.299 e. The van der Waals surface area contributed by atoms with E-state index in [1.54, 1.807) is 0 Å². The van der Waals surface area contributed by atoms with Crippen molar-refractivity contribution in [3.8, 4) is 0 Å². The first-order chi connectivity index (χ1) is 11.2. The molecule has 2 aromatic rings. The van der Waals surface area contributed by atoms with Crippen molar-refractivity contribution in [1.82, 2.24) is 0 Å². The van der Waals surface area contributed by atoms with Crippen molar-refractivity contribution >= 4 is 74.8 Å². The van der Waals surface area contributed by atoms with E-state index in [1.165, 1.54) is 0 Å². The van der Waals surface area contributed by atoms with Crippen molar-refractivity contribution in [3.05, 3.63) is 60.2 Å². The van der Waals surface area contributed by atoms with E-state index in [2.05, 4.69) is 13.5 Å². The van der Waals surface area contributed by atoms with Crippen molar-refractivity contribution in [1.29, 1.82) is 0 Å². The summed E-state index contributed by atoms with van der Waals surface area (Å²) in [5.41, 5.74) is 1.13. The second kappa shape index (κ2) is 10.8. The average molecular weight is 541 g/mol. The average Bonchev–Trinajstić information content (AvgIpc) is 3.10. The van der Waals surface area contributed by atoms with Crippen LogP contribution >= 0.6 is 74.8 Å². The molecule has 3 rings (SSSR count). The molecule has 2 aromatic carbocycles. The summed E-state index contributed by atoms with van der Waals surface area (Å²) in [5, 5.41) is 0. The van der Waals surface area contributed by atoms with Crippen LogP contribution in [0.5, 0.6) is 0 Å². The number of halogens is 5. The molecule has 13 heteroatoms. The van der Waals surface area contributed by atoms with Crippen LogP contribution in [0.15, 0.2) is 68.1 Å². The minimum atomic E-state index is -3.03. The van der Waals surface area contributed by atoms with E-state index in [9.17, 15) is 0 Å². The predicted octanol–water partition coefficient (Wildman–Crippen LogP) is 9.41. The van der Waals surface area contributed by atoms with Crippen LogP contribution in [-0.2, 0) is 28.0 Å². The zero-order chi connectivity index (χ0) is 17.7. The molecular weight excluding hydrogens is 528 g/mol. The Hall–Kier alpha value is 1.32. The molecule has 0 fully saturated rings. The van der Waals surface area contributed by atoms with Crippen molar-refractivity contribution in [3.63, 3.8) is 0 Å². The van der Waals surface area contributed by atoms with E-state index in [4.69, 9.17) is 60.7 Å². The maximum absolute atomic E-state index is 6.20. The molecule has 1 aliphatic heterocycles. The molecule has 0 saturated heterocycles. The Bertz CT molecular complexity index is 773. The van der Waals surface area contributed by atoms with Crippen molar-refractivity contribution in [2.24, 2.45) is 13.5 Å². The Labute approximate surface area is 182 Å². The molecule has 0 amide bonds. The van der Waals surface area contributed by atoms with Gasteiger partial charge in [0.25, 0.3) is 18.6 Å². The molecule has 1 atom stereocenters. The minimum Gasteiger partial charge on any atom is -0.316 e. The summed E-state index contributed by atoms with van der Waals surface area (Å²) < 4.78 is 17.3. The van der Waals surface area contributed by atoms with Gasteiger partial charge in [-0.1, -0.05) is 0 Å². The van der Waals surface area contributed by atoms with Crippen molar-refractivity contribution in [2.45, 2.75) is 6.42 Å². The van der Waals surface area contributed by atoms with Crippen LogP contribution in [-0.4, -0.2) is 6.61 Å². The Morgan fingerprint density at radius 3 is 1.88 bits per heavy atom. The zero-order valence-corrected chi connectivity index (χ0v) is 20.0. The summed E-state index contributed by atoms with van der Waals surface area (Å²) in [6, 6.07) is 17.8. The zero-order valence-electron chi connectivity index (χ0n) is 12.4. The molecule has 1 aliphatic rings. The maximum atomic E-state index is 6.20. The van der Waals surface area contributed by atoms with Crippen LogP contribution in [0.2, 0.25) is 0 Å². The van der Waals surface area contributed by atoms with Gasteiger partial charge in [-0.2, -0.15) is 49.4 Å². The third-order valence-electron chi connectivity index (χ3n) is 2.58. The molecule has 0 bridgehead atoms. The number of hydrogen-bond acceptors (Lipinski definition) is 4. The molecular formula is C12H13Cl5FeN3OP3-2. The summed E-state index contributed by atoms with van der Waals surface area (Å²) in [7, 11) is 0. The summed E-state index contributed by atoms with van der Waals surface area (Å²) in [6.45, 7) is -2.70. The molecule has 0 spiro atoms. The Balaban J connectivity index is 0.000000448. The van der Waals surface area contributed by atoms with E-state index >= 15 is 0 Å². The standard InChI is InChI=1S/C7H8Cl5N3OP3.C5H5.Fe/c8-17(9)13-18(10,11)15-19(12,14-17)16-6-5-7-3-1-2-4-7;1-2-4-5-3-1;/h1-4H,5-6H2;1-5H;/q2*-1;. The molecule has 0 aliphatic carbocycles. The van der Waals surface area contributed by atoms with Gasteiger partial charge in [0.1, 0.15) is 0 Å². The predicted molar refractivity (Wildman–Crippen MR) is 111 cm³/mol. The number of nitrogens with zero attached hydrogens (tertiary/aromatic N) is 3. The fourth-order valence-electron chi connectivity index (χ4n) is 1.68. The third kappa shape index (κ3) is 9.38. The first-order valence-electron chi connectivity index (χ1n) is 6.61.